The molecule has 3 atom stereocenters. The van der Waals surface area contributed by atoms with E-state index in [2.05, 4.69) is 31.2 Å². The van der Waals surface area contributed by atoms with Crippen LogP contribution in [0.15, 0.2) is 24.3 Å². The smallest absolute Gasteiger partial charge is 0.307 e. The van der Waals surface area contributed by atoms with Crippen LogP contribution in [-0.4, -0.2) is 22.2 Å². The molecule has 0 radical (unpaired) electrons. The lowest BCUT2D eigenvalue weighted by Crippen LogP contribution is -2.26. The number of carbonyl (C=O) groups is 2. The fourth-order valence-electron chi connectivity index (χ4n) is 3.45. The third kappa shape index (κ3) is 9.47. The Hall–Kier alpha value is -1.58. The molecule has 142 valence electrons. The van der Waals surface area contributed by atoms with E-state index < -0.39 is 11.9 Å². The maximum Gasteiger partial charge on any atom is 0.307 e. The zero-order chi connectivity index (χ0) is 18.5. The first-order chi connectivity index (χ1) is 12.0. The van der Waals surface area contributed by atoms with Gasteiger partial charge in [-0.3, -0.25) is 9.59 Å². The van der Waals surface area contributed by atoms with Crippen LogP contribution in [0.2, 0.25) is 0 Å². The summed E-state index contributed by atoms with van der Waals surface area (Å²) in [7, 11) is 0. The number of hydrogen-bond donors (Lipinski definition) is 2. The Morgan fingerprint density at radius 2 is 1.76 bits per heavy atom. The summed E-state index contributed by atoms with van der Waals surface area (Å²) >= 11 is 0. The van der Waals surface area contributed by atoms with Gasteiger partial charge in [-0.2, -0.15) is 0 Å². The molecule has 0 heterocycles. The molecule has 0 fully saturated rings. The molecule has 0 amide bonds. The van der Waals surface area contributed by atoms with Crippen LogP contribution < -0.4 is 0 Å². The SMILES string of the molecule is CCCC[C@@H]1C=C[C@@H](/C=C\CCCCCCCC(=O)O)[C@@H](C(=O)O)C1. The molecule has 4 nitrogen and oxygen atoms in total. The number of aliphatic carboxylic acids is 2. The van der Waals surface area contributed by atoms with Crippen LogP contribution in [-0.2, 0) is 9.59 Å². The Bertz CT molecular complexity index is 453. The van der Waals surface area contributed by atoms with Gasteiger partial charge in [0.05, 0.1) is 5.92 Å². The van der Waals surface area contributed by atoms with Gasteiger partial charge in [0.15, 0.2) is 0 Å². The quantitative estimate of drug-likeness (QED) is 0.342. The van der Waals surface area contributed by atoms with Crippen molar-refractivity contribution in [3.63, 3.8) is 0 Å². The molecule has 1 rings (SSSR count). The van der Waals surface area contributed by atoms with Gasteiger partial charge in [0.1, 0.15) is 0 Å². The third-order valence-corrected chi connectivity index (χ3v) is 4.99. The van der Waals surface area contributed by atoms with Crippen molar-refractivity contribution in [3.8, 4) is 0 Å². The molecule has 0 aromatic rings. The molecule has 4 heteroatoms. The molecule has 0 saturated heterocycles. The van der Waals surface area contributed by atoms with Crippen molar-refractivity contribution in [1.82, 2.24) is 0 Å². The molecule has 2 N–H and O–H groups in total. The van der Waals surface area contributed by atoms with E-state index in [0.29, 0.717) is 5.92 Å². The lowest BCUT2D eigenvalue weighted by atomic mass is 9.77. The highest BCUT2D eigenvalue weighted by atomic mass is 16.4. The second-order valence-corrected chi connectivity index (χ2v) is 7.17. The zero-order valence-electron chi connectivity index (χ0n) is 15.5. The molecule has 1 aliphatic carbocycles. The average Bonchev–Trinajstić information content (AvgIpc) is 2.58. The van der Waals surface area contributed by atoms with Crippen LogP contribution in [0, 0.1) is 17.8 Å². The van der Waals surface area contributed by atoms with Crippen molar-refractivity contribution in [2.45, 2.75) is 77.6 Å². The minimum atomic E-state index is -0.714. The monoisotopic (exact) mass is 350 g/mol. The van der Waals surface area contributed by atoms with Crippen molar-refractivity contribution in [2.75, 3.05) is 0 Å². The van der Waals surface area contributed by atoms with Crippen molar-refractivity contribution in [3.05, 3.63) is 24.3 Å². The number of carboxylic acids is 2. The van der Waals surface area contributed by atoms with Gasteiger partial charge in [-0.15, -0.1) is 0 Å². The maximum atomic E-state index is 11.6. The molecule has 1 aliphatic rings. The van der Waals surface area contributed by atoms with Gasteiger partial charge in [-0.05, 0) is 38.0 Å². The summed E-state index contributed by atoms with van der Waals surface area (Å²) in [6.45, 7) is 2.17. The molecular weight excluding hydrogens is 316 g/mol. The van der Waals surface area contributed by atoms with Crippen LogP contribution >= 0.6 is 0 Å². The Balaban J connectivity index is 2.27. The fraction of sp³-hybridized carbons (Fsp3) is 0.714. The Morgan fingerprint density at radius 1 is 1.04 bits per heavy atom. The van der Waals surface area contributed by atoms with Gasteiger partial charge in [-0.1, -0.05) is 63.3 Å². The maximum absolute atomic E-state index is 11.6. The summed E-state index contributed by atoms with van der Waals surface area (Å²) in [5.74, 6) is -1.26. The highest BCUT2D eigenvalue weighted by Crippen LogP contribution is 2.32. The molecule has 0 spiro atoms. The van der Waals surface area contributed by atoms with Crippen molar-refractivity contribution >= 4 is 11.9 Å². The van der Waals surface area contributed by atoms with E-state index in [1.54, 1.807) is 0 Å². The second kappa shape index (κ2) is 12.7. The topological polar surface area (TPSA) is 74.6 Å². The van der Waals surface area contributed by atoms with Gasteiger partial charge in [-0.25, -0.2) is 0 Å². The van der Waals surface area contributed by atoms with E-state index >= 15 is 0 Å². The van der Waals surface area contributed by atoms with Crippen molar-refractivity contribution in [1.29, 1.82) is 0 Å². The lowest BCUT2D eigenvalue weighted by Gasteiger charge is -2.27. The summed E-state index contributed by atoms with van der Waals surface area (Å²) in [4.78, 5) is 22.0. The number of rotatable bonds is 13. The summed E-state index contributed by atoms with van der Waals surface area (Å²) in [5, 5.41) is 18.1. The van der Waals surface area contributed by atoms with E-state index in [0.717, 1.165) is 64.2 Å². The normalized spacial score (nSPS) is 23.2. The molecule has 0 saturated carbocycles. The Kier molecular flexibility index (Phi) is 10.9. The van der Waals surface area contributed by atoms with Crippen LogP contribution in [0.25, 0.3) is 0 Å². The first-order valence-corrected chi connectivity index (χ1v) is 9.84. The van der Waals surface area contributed by atoms with E-state index in [1.165, 1.54) is 0 Å². The third-order valence-electron chi connectivity index (χ3n) is 4.99. The van der Waals surface area contributed by atoms with E-state index in [1.807, 2.05) is 0 Å². The molecule has 0 unspecified atom stereocenters. The summed E-state index contributed by atoms with van der Waals surface area (Å²) in [5.41, 5.74) is 0. The van der Waals surface area contributed by atoms with Crippen molar-refractivity contribution < 1.29 is 19.8 Å². The molecule has 25 heavy (non-hydrogen) atoms. The van der Waals surface area contributed by atoms with E-state index in [-0.39, 0.29) is 18.3 Å². The van der Waals surface area contributed by atoms with Gasteiger partial charge < -0.3 is 10.2 Å². The van der Waals surface area contributed by atoms with Gasteiger partial charge in [0.25, 0.3) is 0 Å². The van der Waals surface area contributed by atoms with E-state index in [9.17, 15) is 14.7 Å². The van der Waals surface area contributed by atoms with Crippen LogP contribution in [0.4, 0.5) is 0 Å². The Labute approximate surface area is 152 Å². The van der Waals surface area contributed by atoms with Crippen LogP contribution in [0.1, 0.15) is 77.6 Å². The summed E-state index contributed by atoms with van der Waals surface area (Å²) in [6, 6.07) is 0. The first kappa shape index (κ1) is 21.5. The number of carboxylic acid groups (broad SMARTS) is 2. The number of hydrogen-bond acceptors (Lipinski definition) is 2. The van der Waals surface area contributed by atoms with Crippen LogP contribution in [0.5, 0.6) is 0 Å². The zero-order valence-corrected chi connectivity index (χ0v) is 15.5. The second-order valence-electron chi connectivity index (χ2n) is 7.17. The van der Waals surface area contributed by atoms with Crippen molar-refractivity contribution in [2.24, 2.45) is 17.8 Å². The minimum absolute atomic E-state index is 0.0194. The van der Waals surface area contributed by atoms with E-state index in [4.69, 9.17) is 5.11 Å². The summed E-state index contributed by atoms with van der Waals surface area (Å²) < 4.78 is 0. The first-order valence-electron chi connectivity index (χ1n) is 9.84. The number of unbranched alkanes of at least 4 members (excludes halogenated alkanes) is 6. The predicted molar refractivity (Wildman–Crippen MR) is 100 cm³/mol. The molecule has 0 aromatic carbocycles. The molecule has 0 bridgehead atoms. The number of allylic oxidation sites excluding steroid dienone is 4. The highest BCUT2D eigenvalue weighted by Gasteiger charge is 2.30. The van der Waals surface area contributed by atoms with Gasteiger partial charge in [0, 0.05) is 12.3 Å². The standard InChI is InChI=1S/C21H34O4/c1-2-3-11-17-14-15-18(19(16-17)21(24)25)12-9-7-5-4-6-8-10-13-20(22)23/h9,12,14-15,17-19H,2-8,10-11,13,16H2,1H3,(H,22,23)(H,24,25)/b12-9-/t17-,18-,19+/m1/s1. The highest BCUT2D eigenvalue weighted by molar-refractivity contribution is 5.71. The molecular formula is C21H34O4. The molecule has 0 aromatic heterocycles. The summed E-state index contributed by atoms with van der Waals surface area (Å²) in [6.07, 6.45) is 18.9. The lowest BCUT2D eigenvalue weighted by molar-refractivity contribution is -0.143. The largest absolute Gasteiger partial charge is 0.481 e. The fourth-order valence-corrected chi connectivity index (χ4v) is 3.45. The van der Waals surface area contributed by atoms with Gasteiger partial charge >= 0.3 is 11.9 Å². The average molecular weight is 350 g/mol. The minimum Gasteiger partial charge on any atom is -0.481 e. The Morgan fingerprint density at radius 3 is 2.44 bits per heavy atom. The predicted octanol–water partition coefficient (Wildman–Crippen LogP) is 5.44. The van der Waals surface area contributed by atoms with Gasteiger partial charge in [0.2, 0.25) is 0 Å². The van der Waals surface area contributed by atoms with Crippen LogP contribution in [0.3, 0.4) is 0 Å². The molecule has 0 aliphatic heterocycles.